The maximum Gasteiger partial charge on any atom is 0.381 e. The number of nitrogens with two attached hydrogens (primary N) is 1. The normalized spacial score (nSPS) is 12.7. The summed E-state index contributed by atoms with van der Waals surface area (Å²) in [5, 5.41) is 2.05. The molecule has 1 atom stereocenters. The zero-order valence-corrected chi connectivity index (χ0v) is 13.6. The van der Waals surface area contributed by atoms with Crippen LogP contribution in [0.25, 0.3) is 0 Å². The Morgan fingerprint density at radius 3 is 2.33 bits per heavy atom. The minimum absolute atomic E-state index is 0.0477. The van der Waals surface area contributed by atoms with Gasteiger partial charge in [0.2, 0.25) is 11.7 Å². The third-order valence-electron chi connectivity index (χ3n) is 3.61. The number of amides is 2. The number of hydrogen-bond acceptors (Lipinski definition) is 4. The third kappa shape index (κ3) is 5.36. The van der Waals surface area contributed by atoms with E-state index >= 15 is 0 Å². The lowest BCUT2D eigenvalue weighted by molar-refractivity contribution is -0.162. The maximum absolute atomic E-state index is 14.1. The molecule has 0 spiro atoms. The van der Waals surface area contributed by atoms with Crippen molar-refractivity contribution in [2.24, 2.45) is 17.6 Å². The van der Waals surface area contributed by atoms with Crippen LogP contribution in [0.4, 0.5) is 8.78 Å². The van der Waals surface area contributed by atoms with Gasteiger partial charge in [-0.05, 0) is 30.0 Å². The number of primary amides is 1. The molecule has 1 unspecified atom stereocenters. The molecule has 0 aliphatic heterocycles. The summed E-state index contributed by atoms with van der Waals surface area (Å²) in [4.78, 5) is 38.5. The first-order chi connectivity index (χ1) is 11.2. The van der Waals surface area contributed by atoms with E-state index in [2.05, 4.69) is 10.3 Å². The molecular formula is C16H21F2N3O3. The zero-order chi connectivity index (χ0) is 18.3. The molecular weight excluding hydrogens is 320 g/mol. The molecule has 0 saturated carbocycles. The van der Waals surface area contributed by atoms with Crippen LogP contribution in [0.5, 0.6) is 0 Å². The fourth-order valence-corrected chi connectivity index (χ4v) is 2.17. The van der Waals surface area contributed by atoms with Crippen molar-refractivity contribution in [3.63, 3.8) is 0 Å². The largest absolute Gasteiger partial charge is 0.381 e. The Hall–Kier alpha value is -2.38. The summed E-state index contributed by atoms with van der Waals surface area (Å²) in [7, 11) is 0. The number of nitrogens with zero attached hydrogens (tertiary/aromatic N) is 1. The first kappa shape index (κ1) is 19.7. The molecule has 1 rings (SSSR count). The Kier molecular flexibility index (Phi) is 6.94. The number of aromatic nitrogens is 1. The molecule has 0 aliphatic carbocycles. The number of carbonyl (C=O) groups excluding carboxylic acids is 3. The standard InChI is InChI=1S/C16H21F2N3O3/c1-10(2)12(9-13(19)22)14(23)16(17,18)15(24)21-8-5-11-3-6-20-7-4-11/h3-4,6-7,10,12H,5,8-9H2,1-2H3,(H2,19,22)(H,21,24). The molecule has 2 amide bonds. The van der Waals surface area contributed by atoms with Crippen LogP contribution in [-0.2, 0) is 20.8 Å². The van der Waals surface area contributed by atoms with E-state index in [4.69, 9.17) is 5.73 Å². The maximum atomic E-state index is 14.1. The van der Waals surface area contributed by atoms with Crippen LogP contribution in [0.2, 0.25) is 0 Å². The van der Waals surface area contributed by atoms with E-state index in [1.165, 1.54) is 13.8 Å². The first-order valence-electron chi connectivity index (χ1n) is 7.54. The SMILES string of the molecule is CC(C)C(CC(N)=O)C(=O)C(F)(F)C(=O)NCCc1ccncc1. The molecule has 8 heteroatoms. The molecule has 1 aromatic heterocycles. The van der Waals surface area contributed by atoms with Crippen molar-refractivity contribution in [3.8, 4) is 0 Å². The van der Waals surface area contributed by atoms with Crippen LogP contribution >= 0.6 is 0 Å². The Bertz CT molecular complexity index is 591. The number of hydrogen-bond donors (Lipinski definition) is 2. The summed E-state index contributed by atoms with van der Waals surface area (Å²) < 4.78 is 28.1. The number of rotatable bonds is 9. The van der Waals surface area contributed by atoms with Gasteiger partial charge in [-0.3, -0.25) is 19.4 Å². The Labute approximate surface area is 138 Å². The topological polar surface area (TPSA) is 102 Å². The second kappa shape index (κ2) is 8.47. The van der Waals surface area contributed by atoms with E-state index in [0.717, 1.165) is 5.56 Å². The fraction of sp³-hybridized carbons (Fsp3) is 0.500. The van der Waals surface area contributed by atoms with Crippen molar-refractivity contribution < 1.29 is 23.2 Å². The van der Waals surface area contributed by atoms with Crippen LogP contribution in [-0.4, -0.2) is 35.0 Å². The first-order valence-corrected chi connectivity index (χ1v) is 7.54. The van der Waals surface area contributed by atoms with Gasteiger partial charge in [-0.25, -0.2) is 0 Å². The summed E-state index contributed by atoms with van der Waals surface area (Å²) in [5.41, 5.74) is 5.80. The molecule has 0 aromatic carbocycles. The lowest BCUT2D eigenvalue weighted by Crippen LogP contribution is -2.50. The predicted octanol–water partition coefficient (Wildman–Crippen LogP) is 1.09. The molecule has 6 nitrogen and oxygen atoms in total. The van der Waals surface area contributed by atoms with Gasteiger partial charge in [0.05, 0.1) is 0 Å². The van der Waals surface area contributed by atoms with Gasteiger partial charge in [0, 0.05) is 31.3 Å². The summed E-state index contributed by atoms with van der Waals surface area (Å²) >= 11 is 0. The van der Waals surface area contributed by atoms with Gasteiger partial charge in [0.1, 0.15) is 0 Å². The number of Topliss-reactive ketones (excluding diaryl/α,β-unsaturated/α-hetero) is 1. The number of pyridine rings is 1. The Morgan fingerprint density at radius 2 is 1.83 bits per heavy atom. The van der Waals surface area contributed by atoms with Gasteiger partial charge in [-0.2, -0.15) is 8.78 Å². The molecule has 0 radical (unpaired) electrons. The van der Waals surface area contributed by atoms with E-state index < -0.39 is 41.8 Å². The zero-order valence-electron chi connectivity index (χ0n) is 13.6. The molecule has 3 N–H and O–H groups in total. The van der Waals surface area contributed by atoms with Crippen molar-refractivity contribution in [2.75, 3.05) is 6.54 Å². The molecule has 0 bridgehead atoms. The predicted molar refractivity (Wildman–Crippen MR) is 83.0 cm³/mol. The molecule has 0 aliphatic rings. The van der Waals surface area contributed by atoms with E-state index in [1.54, 1.807) is 24.5 Å². The van der Waals surface area contributed by atoms with Gasteiger partial charge >= 0.3 is 5.92 Å². The van der Waals surface area contributed by atoms with Crippen LogP contribution in [0.1, 0.15) is 25.8 Å². The van der Waals surface area contributed by atoms with E-state index in [1.807, 2.05) is 0 Å². The number of alkyl halides is 2. The Morgan fingerprint density at radius 1 is 1.25 bits per heavy atom. The van der Waals surface area contributed by atoms with Gasteiger partial charge in [-0.15, -0.1) is 0 Å². The number of halogens is 2. The van der Waals surface area contributed by atoms with Crippen LogP contribution < -0.4 is 11.1 Å². The van der Waals surface area contributed by atoms with Crippen LogP contribution in [0.15, 0.2) is 24.5 Å². The number of ketones is 1. The lowest BCUT2D eigenvalue weighted by Gasteiger charge is -2.23. The fourth-order valence-electron chi connectivity index (χ4n) is 2.17. The van der Waals surface area contributed by atoms with Gasteiger partial charge in [-0.1, -0.05) is 13.8 Å². The lowest BCUT2D eigenvalue weighted by atomic mass is 9.85. The highest BCUT2D eigenvalue weighted by molar-refractivity contribution is 6.09. The monoisotopic (exact) mass is 341 g/mol. The molecule has 132 valence electrons. The quantitative estimate of drug-likeness (QED) is 0.656. The van der Waals surface area contributed by atoms with E-state index in [9.17, 15) is 23.2 Å². The van der Waals surface area contributed by atoms with Crippen molar-refractivity contribution in [1.29, 1.82) is 0 Å². The molecule has 1 aromatic rings. The summed E-state index contributed by atoms with van der Waals surface area (Å²) in [6, 6.07) is 3.38. The second-order valence-electron chi connectivity index (χ2n) is 5.82. The average molecular weight is 341 g/mol. The van der Waals surface area contributed by atoms with Crippen LogP contribution in [0.3, 0.4) is 0 Å². The highest BCUT2D eigenvalue weighted by atomic mass is 19.3. The van der Waals surface area contributed by atoms with Gasteiger partial charge in [0.25, 0.3) is 5.91 Å². The third-order valence-corrected chi connectivity index (χ3v) is 3.61. The Balaban J connectivity index is 2.68. The van der Waals surface area contributed by atoms with E-state index in [0.29, 0.717) is 6.42 Å². The minimum Gasteiger partial charge on any atom is -0.370 e. The second-order valence-corrected chi connectivity index (χ2v) is 5.82. The molecule has 1 heterocycles. The average Bonchev–Trinajstić information content (AvgIpc) is 2.52. The van der Waals surface area contributed by atoms with Crippen molar-refractivity contribution in [2.45, 2.75) is 32.6 Å². The highest BCUT2D eigenvalue weighted by Crippen LogP contribution is 2.27. The minimum atomic E-state index is -4.21. The highest BCUT2D eigenvalue weighted by Gasteiger charge is 2.50. The van der Waals surface area contributed by atoms with Gasteiger partial charge < -0.3 is 11.1 Å². The number of nitrogens with one attached hydrogen (secondary N) is 1. The van der Waals surface area contributed by atoms with Crippen molar-refractivity contribution in [3.05, 3.63) is 30.1 Å². The number of carbonyl (C=O) groups is 3. The molecule has 0 fully saturated rings. The van der Waals surface area contributed by atoms with Crippen molar-refractivity contribution >= 4 is 17.6 Å². The van der Waals surface area contributed by atoms with Crippen molar-refractivity contribution in [1.82, 2.24) is 10.3 Å². The van der Waals surface area contributed by atoms with Gasteiger partial charge in [0.15, 0.2) is 0 Å². The summed E-state index contributed by atoms with van der Waals surface area (Å²) in [6.45, 7) is 2.99. The molecule has 0 saturated heterocycles. The molecule has 24 heavy (non-hydrogen) atoms. The summed E-state index contributed by atoms with van der Waals surface area (Å²) in [6.07, 6.45) is 2.91. The smallest absolute Gasteiger partial charge is 0.370 e. The summed E-state index contributed by atoms with van der Waals surface area (Å²) in [5.74, 6) is -10.2. The van der Waals surface area contributed by atoms with Crippen LogP contribution in [0, 0.1) is 11.8 Å². The van der Waals surface area contributed by atoms with E-state index in [-0.39, 0.29) is 6.54 Å².